The molecule has 4 rings (SSSR count). The Labute approximate surface area is 182 Å². The van der Waals surface area contributed by atoms with Gasteiger partial charge in [0.25, 0.3) is 0 Å². The molecule has 0 saturated carbocycles. The second kappa shape index (κ2) is 10.1. The molecule has 0 bridgehead atoms. The van der Waals surface area contributed by atoms with E-state index in [9.17, 15) is 0 Å². The van der Waals surface area contributed by atoms with Gasteiger partial charge in [-0.05, 0) is 61.2 Å². The smallest absolute Gasteiger partial charge is 0.221 e. The van der Waals surface area contributed by atoms with Crippen molar-refractivity contribution in [3.8, 4) is 22.8 Å². The lowest BCUT2D eigenvalue weighted by Gasteiger charge is -2.20. The number of ether oxygens (including phenoxy) is 3. The van der Waals surface area contributed by atoms with Crippen molar-refractivity contribution in [2.75, 3.05) is 27.4 Å². The van der Waals surface area contributed by atoms with E-state index in [4.69, 9.17) is 14.2 Å². The molecule has 1 aliphatic heterocycles. The summed E-state index contributed by atoms with van der Waals surface area (Å²) in [6, 6.07) is 14.6. The van der Waals surface area contributed by atoms with Crippen LogP contribution in [0.5, 0.6) is 11.6 Å². The number of nitrogens with zero attached hydrogens (tertiary/aromatic N) is 2. The van der Waals surface area contributed by atoms with Crippen LogP contribution in [0.15, 0.2) is 54.0 Å². The van der Waals surface area contributed by atoms with Crippen LogP contribution in [0.25, 0.3) is 11.1 Å². The van der Waals surface area contributed by atoms with Crippen LogP contribution >= 0.6 is 11.3 Å². The van der Waals surface area contributed by atoms with Crippen molar-refractivity contribution in [2.45, 2.75) is 32.0 Å². The Balaban J connectivity index is 1.58. The molecule has 1 aromatic carbocycles. The quantitative estimate of drug-likeness (QED) is 0.483. The highest BCUT2D eigenvalue weighted by Gasteiger charge is 2.18. The number of aromatic nitrogens is 1. The molecule has 1 atom stereocenters. The standard InChI is InChI=1S/C24H28N2O3S/c1-26(16-21-7-5-13-30-21)15-19-14-18(22-8-3-11-25-24(22)27-2)9-10-23(19)29-17-20-6-4-12-28-20/h3,5,7-11,13-14,20H,4,6,12,15-17H2,1-2H3. The minimum atomic E-state index is 0.194. The maximum atomic E-state index is 6.21. The summed E-state index contributed by atoms with van der Waals surface area (Å²) in [6.07, 6.45) is 4.12. The van der Waals surface area contributed by atoms with E-state index in [1.54, 1.807) is 24.6 Å². The molecule has 6 heteroatoms. The van der Waals surface area contributed by atoms with Gasteiger partial charge in [-0.3, -0.25) is 4.90 Å². The highest BCUT2D eigenvalue weighted by molar-refractivity contribution is 7.09. The third-order valence-electron chi connectivity index (χ3n) is 5.23. The van der Waals surface area contributed by atoms with E-state index in [1.165, 1.54) is 4.88 Å². The van der Waals surface area contributed by atoms with Gasteiger partial charge in [0.1, 0.15) is 12.4 Å². The second-order valence-corrected chi connectivity index (χ2v) is 8.61. The molecule has 3 heterocycles. The Bertz CT molecular complexity index is 939. The van der Waals surface area contributed by atoms with Crippen molar-refractivity contribution in [1.29, 1.82) is 0 Å². The summed E-state index contributed by atoms with van der Waals surface area (Å²) in [5, 5.41) is 2.12. The molecule has 158 valence electrons. The molecule has 1 aliphatic rings. The van der Waals surface area contributed by atoms with Crippen LogP contribution < -0.4 is 9.47 Å². The maximum absolute atomic E-state index is 6.21. The lowest BCUT2D eigenvalue weighted by Crippen LogP contribution is -2.19. The largest absolute Gasteiger partial charge is 0.491 e. The summed E-state index contributed by atoms with van der Waals surface area (Å²) in [5.74, 6) is 1.54. The minimum Gasteiger partial charge on any atom is -0.491 e. The molecule has 0 amide bonds. The van der Waals surface area contributed by atoms with Gasteiger partial charge in [-0.25, -0.2) is 4.98 Å². The first kappa shape index (κ1) is 20.8. The number of hydrogen-bond acceptors (Lipinski definition) is 6. The molecule has 1 unspecified atom stereocenters. The van der Waals surface area contributed by atoms with Crippen LogP contribution in [-0.2, 0) is 17.8 Å². The first-order valence-corrected chi connectivity index (χ1v) is 11.2. The van der Waals surface area contributed by atoms with E-state index >= 15 is 0 Å². The molecule has 0 N–H and O–H groups in total. The Morgan fingerprint density at radius 1 is 1.20 bits per heavy atom. The molecule has 3 aromatic rings. The summed E-state index contributed by atoms with van der Waals surface area (Å²) in [5.41, 5.74) is 3.20. The SMILES string of the molecule is COc1ncccc1-c1ccc(OCC2CCCO2)c(CN(C)Cc2cccs2)c1. The lowest BCUT2D eigenvalue weighted by molar-refractivity contribution is 0.0673. The van der Waals surface area contributed by atoms with Gasteiger partial charge in [-0.2, -0.15) is 0 Å². The van der Waals surface area contributed by atoms with Crippen molar-refractivity contribution in [2.24, 2.45) is 0 Å². The normalized spacial score (nSPS) is 16.2. The highest BCUT2D eigenvalue weighted by Crippen LogP contribution is 2.32. The van der Waals surface area contributed by atoms with Crippen molar-refractivity contribution in [1.82, 2.24) is 9.88 Å². The van der Waals surface area contributed by atoms with Gasteiger partial charge in [0, 0.05) is 41.9 Å². The Morgan fingerprint density at radius 3 is 2.90 bits per heavy atom. The molecular weight excluding hydrogens is 396 g/mol. The average molecular weight is 425 g/mol. The van der Waals surface area contributed by atoms with Crippen LogP contribution in [0.1, 0.15) is 23.3 Å². The molecule has 0 aliphatic carbocycles. The summed E-state index contributed by atoms with van der Waals surface area (Å²) < 4.78 is 17.4. The summed E-state index contributed by atoms with van der Waals surface area (Å²) in [7, 11) is 3.79. The molecule has 2 aromatic heterocycles. The third-order valence-corrected chi connectivity index (χ3v) is 6.09. The predicted octanol–water partition coefficient (Wildman–Crippen LogP) is 5.01. The van der Waals surface area contributed by atoms with Crippen LogP contribution in [0.4, 0.5) is 0 Å². The van der Waals surface area contributed by atoms with Crippen LogP contribution in [0.2, 0.25) is 0 Å². The maximum Gasteiger partial charge on any atom is 0.221 e. The van der Waals surface area contributed by atoms with Gasteiger partial charge in [-0.15, -0.1) is 11.3 Å². The third kappa shape index (κ3) is 5.19. The van der Waals surface area contributed by atoms with Gasteiger partial charge in [0.05, 0.1) is 13.2 Å². The first-order chi connectivity index (χ1) is 14.7. The molecule has 30 heavy (non-hydrogen) atoms. The first-order valence-electron chi connectivity index (χ1n) is 10.3. The zero-order valence-corrected chi connectivity index (χ0v) is 18.4. The zero-order chi connectivity index (χ0) is 20.8. The van der Waals surface area contributed by atoms with Crippen molar-refractivity contribution >= 4 is 11.3 Å². The summed E-state index contributed by atoms with van der Waals surface area (Å²) in [4.78, 5) is 8.01. The fourth-order valence-electron chi connectivity index (χ4n) is 3.76. The molecule has 1 saturated heterocycles. The average Bonchev–Trinajstić information content (AvgIpc) is 3.47. The molecule has 0 radical (unpaired) electrons. The zero-order valence-electron chi connectivity index (χ0n) is 17.5. The summed E-state index contributed by atoms with van der Waals surface area (Å²) in [6.45, 7) is 3.12. The van der Waals surface area contributed by atoms with E-state index in [-0.39, 0.29) is 6.10 Å². The lowest BCUT2D eigenvalue weighted by atomic mass is 10.0. The van der Waals surface area contributed by atoms with E-state index in [2.05, 4.69) is 52.6 Å². The minimum absolute atomic E-state index is 0.194. The van der Waals surface area contributed by atoms with E-state index in [0.717, 1.165) is 55.0 Å². The fourth-order valence-corrected chi connectivity index (χ4v) is 4.54. The number of rotatable bonds is 9. The van der Waals surface area contributed by atoms with Crippen LogP contribution in [0, 0.1) is 0 Å². The Kier molecular flexibility index (Phi) is 7.00. The predicted molar refractivity (Wildman–Crippen MR) is 120 cm³/mol. The van der Waals surface area contributed by atoms with Crippen molar-refractivity contribution in [3.05, 3.63) is 64.5 Å². The molecule has 0 spiro atoms. The molecule has 1 fully saturated rings. The highest BCUT2D eigenvalue weighted by atomic mass is 32.1. The van der Waals surface area contributed by atoms with E-state index in [0.29, 0.717) is 12.5 Å². The summed E-state index contributed by atoms with van der Waals surface area (Å²) >= 11 is 1.78. The fraction of sp³-hybridized carbons (Fsp3) is 0.375. The molecular formula is C24H28N2O3S. The molecule has 5 nitrogen and oxygen atoms in total. The number of pyridine rings is 1. The van der Waals surface area contributed by atoms with Gasteiger partial charge in [0.2, 0.25) is 5.88 Å². The number of benzene rings is 1. The van der Waals surface area contributed by atoms with Gasteiger partial charge in [0.15, 0.2) is 0 Å². The van der Waals surface area contributed by atoms with Crippen LogP contribution in [-0.4, -0.2) is 43.4 Å². The van der Waals surface area contributed by atoms with Crippen molar-refractivity contribution < 1.29 is 14.2 Å². The van der Waals surface area contributed by atoms with Gasteiger partial charge < -0.3 is 14.2 Å². The topological polar surface area (TPSA) is 43.8 Å². The van der Waals surface area contributed by atoms with E-state index < -0.39 is 0 Å². The number of methoxy groups -OCH3 is 1. The Hall–Kier alpha value is -2.41. The second-order valence-electron chi connectivity index (χ2n) is 7.58. The number of thiophene rings is 1. The monoisotopic (exact) mass is 424 g/mol. The van der Waals surface area contributed by atoms with Crippen molar-refractivity contribution in [3.63, 3.8) is 0 Å². The number of hydrogen-bond donors (Lipinski definition) is 0. The Morgan fingerprint density at radius 2 is 2.13 bits per heavy atom. The van der Waals surface area contributed by atoms with Gasteiger partial charge in [-0.1, -0.05) is 12.1 Å². The van der Waals surface area contributed by atoms with E-state index in [1.807, 2.05) is 12.1 Å². The van der Waals surface area contributed by atoms with Crippen LogP contribution in [0.3, 0.4) is 0 Å². The van der Waals surface area contributed by atoms with Gasteiger partial charge >= 0.3 is 0 Å².